The van der Waals surface area contributed by atoms with Crippen LogP contribution in [-0.2, 0) is 4.74 Å². The summed E-state index contributed by atoms with van der Waals surface area (Å²) in [6.07, 6.45) is 4.32. The molecule has 2 aliphatic carbocycles. The van der Waals surface area contributed by atoms with Crippen LogP contribution < -0.4 is 4.74 Å². The minimum Gasteiger partial charge on any atom is -0.431 e. The second kappa shape index (κ2) is 3.77. The number of pyridine rings is 1. The van der Waals surface area contributed by atoms with Gasteiger partial charge in [0.2, 0.25) is 5.88 Å². The maximum absolute atomic E-state index is 11.4. The van der Waals surface area contributed by atoms with E-state index in [2.05, 4.69) is 4.98 Å². The van der Waals surface area contributed by atoms with E-state index in [1.165, 1.54) is 6.42 Å². The summed E-state index contributed by atoms with van der Waals surface area (Å²) in [5.74, 6) is 1.89. The van der Waals surface area contributed by atoms with Crippen LogP contribution in [0.4, 0.5) is 4.79 Å². The van der Waals surface area contributed by atoms with E-state index in [0.29, 0.717) is 0 Å². The first-order valence-electron chi connectivity index (χ1n) is 5.61. The third-order valence-electron chi connectivity index (χ3n) is 3.29. The highest BCUT2D eigenvalue weighted by Crippen LogP contribution is 2.52. The lowest BCUT2D eigenvalue weighted by molar-refractivity contribution is 0.0550. The molecule has 2 aliphatic rings. The maximum Gasteiger partial charge on any atom is 0.515 e. The van der Waals surface area contributed by atoms with Crippen LogP contribution >= 0.6 is 0 Å². The molecule has 0 amide bonds. The van der Waals surface area contributed by atoms with E-state index in [9.17, 15) is 4.79 Å². The zero-order valence-corrected chi connectivity index (χ0v) is 8.83. The fourth-order valence-corrected chi connectivity index (χ4v) is 2.41. The molecule has 0 unspecified atom stereocenters. The van der Waals surface area contributed by atoms with Crippen LogP contribution in [0, 0.1) is 11.8 Å². The van der Waals surface area contributed by atoms with E-state index in [4.69, 9.17) is 9.47 Å². The van der Waals surface area contributed by atoms with E-state index in [-0.39, 0.29) is 12.0 Å². The minimum atomic E-state index is -0.634. The highest BCUT2D eigenvalue weighted by atomic mass is 16.7. The van der Waals surface area contributed by atoms with Gasteiger partial charge in [-0.25, -0.2) is 9.78 Å². The van der Waals surface area contributed by atoms with Crippen LogP contribution in [0.15, 0.2) is 24.4 Å². The number of carbonyl (C=O) groups is 1. The van der Waals surface area contributed by atoms with Crippen molar-refractivity contribution < 1.29 is 14.3 Å². The third-order valence-corrected chi connectivity index (χ3v) is 3.29. The first kappa shape index (κ1) is 9.63. The summed E-state index contributed by atoms with van der Waals surface area (Å²) in [6, 6.07) is 5.16. The standard InChI is InChI=1S/C12H13NO3/c14-12(16-11-3-1-2-4-13-11)15-10-6-8-5-9(8)7-10/h1-4,8-10H,5-7H2/t8-,9+,10-. The van der Waals surface area contributed by atoms with Gasteiger partial charge >= 0.3 is 6.16 Å². The van der Waals surface area contributed by atoms with Gasteiger partial charge in [-0.1, -0.05) is 6.07 Å². The Hall–Kier alpha value is -1.58. The number of fused-ring (bicyclic) bond motifs is 1. The fourth-order valence-electron chi connectivity index (χ4n) is 2.41. The van der Waals surface area contributed by atoms with Gasteiger partial charge in [-0.3, -0.25) is 0 Å². The molecule has 3 rings (SSSR count). The Labute approximate surface area is 93.6 Å². The molecule has 0 saturated heterocycles. The molecule has 4 heteroatoms. The molecule has 1 aromatic rings. The Morgan fingerprint density at radius 3 is 2.75 bits per heavy atom. The van der Waals surface area contributed by atoms with Gasteiger partial charge in [0.05, 0.1) is 0 Å². The van der Waals surface area contributed by atoms with Gasteiger partial charge in [-0.2, -0.15) is 0 Å². The number of nitrogens with zero attached hydrogens (tertiary/aromatic N) is 1. The summed E-state index contributed by atoms with van der Waals surface area (Å²) < 4.78 is 10.2. The van der Waals surface area contributed by atoms with Crippen LogP contribution in [0.5, 0.6) is 5.88 Å². The maximum atomic E-state index is 11.4. The van der Waals surface area contributed by atoms with Crippen molar-refractivity contribution in [2.45, 2.75) is 25.4 Å². The molecule has 0 aromatic carbocycles. The number of hydrogen-bond acceptors (Lipinski definition) is 4. The van der Waals surface area contributed by atoms with Crippen molar-refractivity contribution in [2.24, 2.45) is 11.8 Å². The summed E-state index contributed by atoms with van der Waals surface area (Å²) in [4.78, 5) is 15.3. The minimum absolute atomic E-state index is 0.0555. The van der Waals surface area contributed by atoms with E-state index in [0.717, 1.165) is 24.7 Å². The fraction of sp³-hybridized carbons (Fsp3) is 0.500. The molecule has 0 radical (unpaired) electrons. The van der Waals surface area contributed by atoms with Gasteiger partial charge in [0, 0.05) is 12.3 Å². The average molecular weight is 219 g/mol. The average Bonchev–Trinajstić information content (AvgIpc) is 2.88. The lowest BCUT2D eigenvalue weighted by Crippen LogP contribution is -2.19. The van der Waals surface area contributed by atoms with Gasteiger partial charge < -0.3 is 9.47 Å². The number of carbonyl (C=O) groups excluding carboxylic acids is 1. The van der Waals surface area contributed by atoms with Crippen LogP contribution in [0.1, 0.15) is 19.3 Å². The van der Waals surface area contributed by atoms with Crippen molar-refractivity contribution in [3.05, 3.63) is 24.4 Å². The van der Waals surface area contributed by atoms with Crippen LogP contribution in [-0.4, -0.2) is 17.2 Å². The van der Waals surface area contributed by atoms with Crippen molar-refractivity contribution >= 4 is 6.16 Å². The van der Waals surface area contributed by atoms with Crippen molar-refractivity contribution in [1.29, 1.82) is 0 Å². The molecule has 16 heavy (non-hydrogen) atoms. The summed E-state index contributed by atoms with van der Waals surface area (Å²) in [6.45, 7) is 0. The number of hydrogen-bond donors (Lipinski definition) is 0. The molecule has 2 fully saturated rings. The largest absolute Gasteiger partial charge is 0.515 e. The van der Waals surface area contributed by atoms with Gasteiger partial charge in [0.15, 0.2) is 0 Å². The monoisotopic (exact) mass is 219 g/mol. The molecule has 0 spiro atoms. The van der Waals surface area contributed by atoms with Crippen molar-refractivity contribution in [3.8, 4) is 5.88 Å². The Kier molecular flexibility index (Phi) is 2.27. The molecular formula is C12H13NO3. The highest BCUT2D eigenvalue weighted by Gasteiger charge is 2.47. The Morgan fingerprint density at radius 2 is 2.06 bits per heavy atom. The molecule has 84 valence electrons. The zero-order chi connectivity index (χ0) is 11.0. The van der Waals surface area contributed by atoms with Crippen LogP contribution in [0.25, 0.3) is 0 Å². The lowest BCUT2D eigenvalue weighted by atomic mass is 10.2. The summed E-state index contributed by atoms with van der Waals surface area (Å²) in [7, 11) is 0. The second-order valence-corrected chi connectivity index (χ2v) is 4.49. The first-order chi connectivity index (χ1) is 7.81. The second-order valence-electron chi connectivity index (χ2n) is 4.49. The predicted molar refractivity (Wildman–Crippen MR) is 56.0 cm³/mol. The molecule has 4 nitrogen and oxygen atoms in total. The Morgan fingerprint density at radius 1 is 1.25 bits per heavy atom. The number of ether oxygens (including phenoxy) is 2. The Balaban J connectivity index is 1.50. The van der Waals surface area contributed by atoms with Crippen LogP contribution in [0.2, 0.25) is 0 Å². The third kappa shape index (κ3) is 2.01. The summed E-state index contributed by atoms with van der Waals surface area (Å²) in [5, 5.41) is 0. The van der Waals surface area contributed by atoms with E-state index in [1.807, 2.05) is 0 Å². The molecule has 1 heterocycles. The van der Waals surface area contributed by atoms with E-state index < -0.39 is 6.16 Å². The number of rotatable bonds is 2. The Bertz CT molecular complexity index is 383. The zero-order valence-electron chi connectivity index (χ0n) is 8.83. The molecule has 3 atom stereocenters. The van der Waals surface area contributed by atoms with Crippen molar-refractivity contribution in [2.75, 3.05) is 0 Å². The highest BCUT2D eigenvalue weighted by molar-refractivity contribution is 5.63. The number of aromatic nitrogens is 1. The molecule has 0 N–H and O–H groups in total. The SMILES string of the molecule is O=C(Oc1ccccn1)O[C@H]1C[C@@H]2C[C@@H]2C1. The van der Waals surface area contributed by atoms with Crippen molar-refractivity contribution in [3.63, 3.8) is 0 Å². The molecular weight excluding hydrogens is 206 g/mol. The lowest BCUT2D eigenvalue weighted by Gasteiger charge is -2.12. The normalized spacial score (nSPS) is 30.6. The molecule has 0 aliphatic heterocycles. The smallest absolute Gasteiger partial charge is 0.431 e. The van der Waals surface area contributed by atoms with E-state index in [1.54, 1.807) is 24.4 Å². The van der Waals surface area contributed by atoms with Crippen LogP contribution in [0.3, 0.4) is 0 Å². The molecule has 1 aromatic heterocycles. The quantitative estimate of drug-likeness (QED) is 0.716. The molecule has 2 saturated carbocycles. The predicted octanol–water partition coefficient (Wildman–Crippen LogP) is 2.40. The summed E-state index contributed by atoms with van der Waals surface area (Å²) in [5.41, 5.74) is 0. The van der Waals surface area contributed by atoms with Gasteiger partial charge in [-0.05, 0) is 37.2 Å². The van der Waals surface area contributed by atoms with E-state index >= 15 is 0 Å². The van der Waals surface area contributed by atoms with Gasteiger partial charge in [0.25, 0.3) is 0 Å². The van der Waals surface area contributed by atoms with Crippen molar-refractivity contribution in [1.82, 2.24) is 4.98 Å². The van der Waals surface area contributed by atoms with Gasteiger partial charge in [0.1, 0.15) is 6.10 Å². The van der Waals surface area contributed by atoms with Gasteiger partial charge in [-0.15, -0.1) is 0 Å². The first-order valence-corrected chi connectivity index (χ1v) is 5.61. The molecule has 0 bridgehead atoms. The summed E-state index contributed by atoms with van der Waals surface area (Å²) >= 11 is 0. The topological polar surface area (TPSA) is 48.4 Å².